The van der Waals surface area contributed by atoms with E-state index in [-0.39, 0.29) is 10.2 Å². The highest BCUT2D eigenvalue weighted by Crippen LogP contribution is 2.25. The van der Waals surface area contributed by atoms with Gasteiger partial charge in [0, 0.05) is 17.1 Å². The van der Waals surface area contributed by atoms with Gasteiger partial charge in [-0.3, -0.25) is 0 Å². The lowest BCUT2D eigenvalue weighted by Gasteiger charge is -2.09. The molecule has 0 aliphatic carbocycles. The van der Waals surface area contributed by atoms with Crippen molar-refractivity contribution >= 4 is 15.9 Å². The molecule has 0 bridgehead atoms. The van der Waals surface area contributed by atoms with Gasteiger partial charge in [0.2, 0.25) is 0 Å². The van der Waals surface area contributed by atoms with E-state index in [2.05, 4.69) is 31.6 Å². The molecular formula is C10H9BrF2N4. The maximum Gasteiger partial charge on any atom is 0.153 e. The zero-order chi connectivity index (χ0) is 12.4. The Morgan fingerprint density at radius 2 is 2.18 bits per heavy atom. The van der Waals surface area contributed by atoms with Crippen LogP contribution in [0, 0.1) is 11.6 Å². The van der Waals surface area contributed by atoms with E-state index in [4.69, 9.17) is 0 Å². The summed E-state index contributed by atoms with van der Waals surface area (Å²) in [6.07, 6.45) is 1.52. The van der Waals surface area contributed by atoms with Crippen molar-refractivity contribution < 1.29 is 8.78 Å². The Bertz CT molecular complexity index is 518. The number of halogens is 3. The second-order valence-electron chi connectivity index (χ2n) is 3.39. The molecule has 0 saturated heterocycles. The van der Waals surface area contributed by atoms with Gasteiger partial charge in [0.1, 0.15) is 11.5 Å². The maximum absolute atomic E-state index is 13.7. The molecule has 0 radical (unpaired) electrons. The Morgan fingerprint density at radius 1 is 1.41 bits per heavy atom. The molecule has 0 fully saturated rings. The van der Waals surface area contributed by atoms with Crippen LogP contribution in [0.25, 0.3) is 5.69 Å². The number of nitrogens with one attached hydrogen (secondary N) is 1. The number of hydrogen-bond acceptors (Lipinski definition) is 3. The molecule has 0 spiro atoms. The van der Waals surface area contributed by atoms with E-state index < -0.39 is 11.6 Å². The van der Waals surface area contributed by atoms with E-state index in [0.29, 0.717) is 12.2 Å². The fourth-order valence-electron chi connectivity index (χ4n) is 1.48. The first-order valence-corrected chi connectivity index (χ1v) is 5.62. The molecule has 0 aliphatic rings. The van der Waals surface area contributed by atoms with Crippen molar-refractivity contribution in [3.05, 3.63) is 40.1 Å². The lowest BCUT2D eigenvalue weighted by Crippen LogP contribution is -2.12. The van der Waals surface area contributed by atoms with Crippen LogP contribution in [-0.4, -0.2) is 22.0 Å². The summed E-state index contributed by atoms with van der Waals surface area (Å²) in [4.78, 5) is 0. The van der Waals surface area contributed by atoms with Crippen LogP contribution >= 0.6 is 15.9 Å². The van der Waals surface area contributed by atoms with Gasteiger partial charge in [-0.1, -0.05) is 5.21 Å². The van der Waals surface area contributed by atoms with E-state index in [1.165, 1.54) is 16.9 Å². The van der Waals surface area contributed by atoms with Crippen LogP contribution in [0.3, 0.4) is 0 Å². The van der Waals surface area contributed by atoms with Gasteiger partial charge in [0.25, 0.3) is 0 Å². The smallest absolute Gasteiger partial charge is 0.153 e. The predicted molar refractivity (Wildman–Crippen MR) is 61.7 cm³/mol. The Balaban J connectivity index is 2.56. The van der Waals surface area contributed by atoms with Crippen LogP contribution in [0.1, 0.15) is 5.69 Å². The summed E-state index contributed by atoms with van der Waals surface area (Å²) in [5.41, 5.74) is 0.827. The quantitative estimate of drug-likeness (QED) is 0.943. The largest absolute Gasteiger partial charge is 0.314 e. The third-order valence-corrected chi connectivity index (χ3v) is 2.78. The first-order valence-electron chi connectivity index (χ1n) is 4.82. The molecular weight excluding hydrogens is 294 g/mol. The third-order valence-electron chi connectivity index (χ3n) is 2.17. The summed E-state index contributed by atoms with van der Waals surface area (Å²) in [6.45, 7) is 0.482. The molecule has 2 aromatic rings. The van der Waals surface area contributed by atoms with Gasteiger partial charge in [0.05, 0.1) is 11.9 Å². The Hall–Kier alpha value is -1.34. The molecule has 0 aliphatic heterocycles. The van der Waals surface area contributed by atoms with Crippen LogP contribution < -0.4 is 5.32 Å². The van der Waals surface area contributed by atoms with Crippen molar-refractivity contribution in [3.8, 4) is 5.69 Å². The lowest BCUT2D eigenvalue weighted by molar-refractivity contribution is 0.565. The molecule has 1 aromatic heterocycles. The van der Waals surface area contributed by atoms with Gasteiger partial charge in [-0.05, 0) is 29.0 Å². The molecule has 2 rings (SSSR count). The van der Waals surface area contributed by atoms with Crippen LogP contribution in [-0.2, 0) is 6.54 Å². The van der Waals surface area contributed by atoms with Crippen molar-refractivity contribution in [2.75, 3.05) is 7.05 Å². The second-order valence-corrected chi connectivity index (χ2v) is 4.24. The molecule has 1 aromatic carbocycles. The van der Waals surface area contributed by atoms with Crippen LogP contribution in [0.15, 0.2) is 22.8 Å². The molecule has 1 heterocycles. The van der Waals surface area contributed by atoms with Crippen molar-refractivity contribution in [2.45, 2.75) is 6.54 Å². The Labute approximate surface area is 105 Å². The zero-order valence-corrected chi connectivity index (χ0v) is 10.5. The van der Waals surface area contributed by atoms with E-state index in [1.807, 2.05) is 0 Å². The summed E-state index contributed by atoms with van der Waals surface area (Å²) in [5, 5.41) is 10.4. The first kappa shape index (κ1) is 12.1. The van der Waals surface area contributed by atoms with Gasteiger partial charge in [0.15, 0.2) is 5.82 Å². The van der Waals surface area contributed by atoms with E-state index in [0.717, 1.165) is 6.07 Å². The first-order chi connectivity index (χ1) is 8.13. The highest BCUT2D eigenvalue weighted by molar-refractivity contribution is 9.10. The molecule has 7 heteroatoms. The summed E-state index contributed by atoms with van der Waals surface area (Å²) in [6, 6.07) is 1.99. The SMILES string of the molecule is CNCc1cnnn1-c1c(F)cc(F)cc1Br. The number of nitrogens with zero attached hydrogens (tertiary/aromatic N) is 3. The highest BCUT2D eigenvalue weighted by Gasteiger charge is 2.15. The second kappa shape index (κ2) is 4.89. The summed E-state index contributed by atoms with van der Waals surface area (Å²) < 4.78 is 28.3. The zero-order valence-electron chi connectivity index (χ0n) is 8.91. The fourth-order valence-corrected chi connectivity index (χ4v) is 2.06. The summed E-state index contributed by atoms with van der Waals surface area (Å²) >= 11 is 3.12. The normalized spacial score (nSPS) is 10.8. The Morgan fingerprint density at radius 3 is 2.82 bits per heavy atom. The number of aromatic nitrogens is 3. The molecule has 0 atom stereocenters. The number of hydrogen-bond donors (Lipinski definition) is 1. The minimum atomic E-state index is -0.695. The molecule has 4 nitrogen and oxygen atoms in total. The minimum Gasteiger partial charge on any atom is -0.314 e. The molecule has 17 heavy (non-hydrogen) atoms. The van der Waals surface area contributed by atoms with E-state index in [9.17, 15) is 8.78 Å². The maximum atomic E-state index is 13.7. The monoisotopic (exact) mass is 302 g/mol. The van der Waals surface area contributed by atoms with Crippen molar-refractivity contribution in [2.24, 2.45) is 0 Å². The average molecular weight is 303 g/mol. The predicted octanol–water partition coefficient (Wildman–Crippen LogP) is 2.03. The van der Waals surface area contributed by atoms with Gasteiger partial charge in [-0.2, -0.15) is 0 Å². The molecule has 1 N–H and O–H groups in total. The molecule has 0 unspecified atom stereocenters. The van der Waals surface area contributed by atoms with Crippen molar-refractivity contribution in [1.29, 1.82) is 0 Å². The summed E-state index contributed by atoms with van der Waals surface area (Å²) in [7, 11) is 1.76. The number of rotatable bonds is 3. The van der Waals surface area contributed by atoms with Gasteiger partial charge in [-0.25, -0.2) is 13.5 Å². The van der Waals surface area contributed by atoms with Gasteiger partial charge >= 0.3 is 0 Å². The van der Waals surface area contributed by atoms with Gasteiger partial charge < -0.3 is 5.32 Å². The topological polar surface area (TPSA) is 42.7 Å². The molecule has 90 valence electrons. The van der Waals surface area contributed by atoms with Gasteiger partial charge in [-0.15, -0.1) is 5.10 Å². The Kier molecular flexibility index (Phi) is 3.49. The number of benzene rings is 1. The van der Waals surface area contributed by atoms with Crippen molar-refractivity contribution in [3.63, 3.8) is 0 Å². The summed E-state index contributed by atoms with van der Waals surface area (Å²) in [5.74, 6) is -1.34. The molecule has 0 saturated carbocycles. The third kappa shape index (κ3) is 2.34. The lowest BCUT2D eigenvalue weighted by atomic mass is 10.3. The van der Waals surface area contributed by atoms with Crippen LogP contribution in [0.2, 0.25) is 0 Å². The average Bonchev–Trinajstić information content (AvgIpc) is 2.65. The highest BCUT2D eigenvalue weighted by atomic mass is 79.9. The molecule has 0 amide bonds. The minimum absolute atomic E-state index is 0.147. The van der Waals surface area contributed by atoms with Crippen LogP contribution in [0.4, 0.5) is 8.78 Å². The standard InChI is InChI=1S/C10H9BrF2N4/c1-14-4-7-5-15-16-17(7)10-8(11)2-6(12)3-9(10)13/h2-3,5,14H,4H2,1H3. The van der Waals surface area contributed by atoms with Crippen molar-refractivity contribution in [1.82, 2.24) is 20.3 Å². The van der Waals surface area contributed by atoms with E-state index in [1.54, 1.807) is 7.05 Å². The van der Waals surface area contributed by atoms with Crippen LogP contribution in [0.5, 0.6) is 0 Å². The fraction of sp³-hybridized carbons (Fsp3) is 0.200. The van der Waals surface area contributed by atoms with E-state index >= 15 is 0 Å².